The summed E-state index contributed by atoms with van der Waals surface area (Å²) in [7, 11) is 1.62. The summed E-state index contributed by atoms with van der Waals surface area (Å²) in [6.07, 6.45) is 7.52. The standard InChI is InChI=1S/C20H18N2O2/c1-20(2)10-9-16-14(7-8-18(23-3)19(16)24-20)12-15(13-21)17-6-4-5-11-22-17/h4-12H,1-3H3. The average Bonchev–Trinajstić information content (AvgIpc) is 2.59. The monoisotopic (exact) mass is 318 g/mol. The first-order chi connectivity index (χ1) is 11.5. The number of benzene rings is 1. The average molecular weight is 318 g/mol. The van der Waals surface area contributed by atoms with E-state index in [-0.39, 0.29) is 0 Å². The minimum absolute atomic E-state index is 0.401. The molecule has 1 aromatic heterocycles. The van der Waals surface area contributed by atoms with Crippen molar-refractivity contribution < 1.29 is 9.47 Å². The summed E-state index contributed by atoms with van der Waals surface area (Å²) in [4.78, 5) is 4.25. The molecular formula is C20H18N2O2. The Morgan fingerprint density at radius 3 is 2.79 bits per heavy atom. The lowest BCUT2D eigenvalue weighted by atomic mass is 9.96. The Kier molecular flexibility index (Phi) is 4.09. The van der Waals surface area contributed by atoms with Crippen molar-refractivity contribution in [3.63, 3.8) is 0 Å². The Hall–Kier alpha value is -3.06. The Bertz CT molecular complexity index is 859. The van der Waals surface area contributed by atoms with Crippen molar-refractivity contribution >= 4 is 17.7 Å². The maximum absolute atomic E-state index is 9.50. The van der Waals surface area contributed by atoms with Crippen LogP contribution in [-0.4, -0.2) is 17.7 Å². The number of nitriles is 1. The van der Waals surface area contributed by atoms with Crippen LogP contribution >= 0.6 is 0 Å². The van der Waals surface area contributed by atoms with Crippen molar-refractivity contribution in [1.29, 1.82) is 5.26 Å². The summed E-state index contributed by atoms with van der Waals surface area (Å²) in [5.74, 6) is 1.37. The molecule has 0 radical (unpaired) electrons. The Morgan fingerprint density at radius 1 is 1.29 bits per heavy atom. The van der Waals surface area contributed by atoms with Crippen LogP contribution in [-0.2, 0) is 0 Å². The van der Waals surface area contributed by atoms with Gasteiger partial charge in [-0.2, -0.15) is 5.26 Å². The second-order valence-corrected chi connectivity index (χ2v) is 6.02. The third-order valence-electron chi connectivity index (χ3n) is 3.79. The smallest absolute Gasteiger partial charge is 0.170 e. The van der Waals surface area contributed by atoms with Crippen LogP contribution < -0.4 is 9.47 Å². The Labute approximate surface area is 141 Å². The van der Waals surface area contributed by atoms with Gasteiger partial charge in [0.1, 0.15) is 11.7 Å². The first-order valence-electron chi connectivity index (χ1n) is 7.66. The molecule has 2 heterocycles. The zero-order chi connectivity index (χ0) is 17.2. The van der Waals surface area contributed by atoms with Gasteiger partial charge in [-0.05, 0) is 49.8 Å². The molecular weight excluding hydrogens is 300 g/mol. The van der Waals surface area contributed by atoms with Crippen LogP contribution in [0.15, 0.2) is 42.6 Å². The van der Waals surface area contributed by atoms with Gasteiger partial charge in [0.05, 0.1) is 18.4 Å². The number of aromatic nitrogens is 1. The largest absolute Gasteiger partial charge is 0.493 e. The van der Waals surface area contributed by atoms with Gasteiger partial charge in [-0.3, -0.25) is 4.98 Å². The molecule has 0 bridgehead atoms. The van der Waals surface area contributed by atoms with Gasteiger partial charge in [0.25, 0.3) is 0 Å². The number of methoxy groups -OCH3 is 1. The quantitative estimate of drug-likeness (QED) is 0.790. The lowest BCUT2D eigenvalue weighted by Gasteiger charge is -2.29. The van der Waals surface area contributed by atoms with Crippen LogP contribution in [0.3, 0.4) is 0 Å². The molecule has 3 rings (SSSR count). The van der Waals surface area contributed by atoms with E-state index in [1.807, 2.05) is 62.4 Å². The molecule has 2 aromatic rings. The molecule has 0 spiro atoms. The van der Waals surface area contributed by atoms with Crippen LogP contribution in [0.4, 0.5) is 0 Å². The zero-order valence-corrected chi connectivity index (χ0v) is 13.9. The fourth-order valence-electron chi connectivity index (χ4n) is 2.58. The number of hydrogen-bond acceptors (Lipinski definition) is 4. The summed E-state index contributed by atoms with van der Waals surface area (Å²) in [5.41, 5.74) is 2.53. The van der Waals surface area contributed by atoms with Crippen molar-refractivity contribution in [1.82, 2.24) is 4.98 Å². The number of pyridine rings is 1. The number of ether oxygens (including phenoxy) is 2. The van der Waals surface area contributed by atoms with Gasteiger partial charge in [-0.25, -0.2) is 0 Å². The summed E-state index contributed by atoms with van der Waals surface area (Å²) in [5, 5.41) is 9.50. The van der Waals surface area contributed by atoms with Crippen LogP contribution in [0.1, 0.15) is 30.7 Å². The van der Waals surface area contributed by atoms with E-state index in [2.05, 4.69) is 11.1 Å². The number of fused-ring (bicyclic) bond motifs is 1. The SMILES string of the molecule is COc1ccc(C=C(C#N)c2ccccn2)c2c1OC(C)(C)C=C2. The molecule has 0 N–H and O–H groups in total. The molecule has 0 unspecified atom stereocenters. The second-order valence-electron chi connectivity index (χ2n) is 6.02. The van der Waals surface area contributed by atoms with Crippen molar-refractivity contribution in [2.45, 2.75) is 19.4 Å². The van der Waals surface area contributed by atoms with Crippen molar-refractivity contribution in [3.05, 3.63) is 59.4 Å². The predicted octanol–water partition coefficient (Wildman–Crippen LogP) is 4.34. The molecule has 0 amide bonds. The third-order valence-corrected chi connectivity index (χ3v) is 3.79. The molecule has 120 valence electrons. The highest BCUT2D eigenvalue weighted by molar-refractivity contribution is 5.91. The van der Waals surface area contributed by atoms with Crippen LogP contribution in [0, 0.1) is 11.3 Å². The minimum Gasteiger partial charge on any atom is -0.493 e. The normalized spacial score (nSPS) is 15.2. The number of nitrogens with zero attached hydrogens (tertiary/aromatic N) is 2. The summed E-state index contributed by atoms with van der Waals surface area (Å²) >= 11 is 0. The van der Waals surface area contributed by atoms with E-state index in [4.69, 9.17) is 9.47 Å². The molecule has 0 saturated carbocycles. The number of rotatable bonds is 3. The van der Waals surface area contributed by atoms with Crippen molar-refractivity contribution in [3.8, 4) is 17.6 Å². The van der Waals surface area contributed by atoms with Crippen molar-refractivity contribution in [2.24, 2.45) is 0 Å². The van der Waals surface area contributed by atoms with E-state index in [9.17, 15) is 5.26 Å². The van der Waals surface area contributed by atoms with Gasteiger partial charge in [0, 0.05) is 11.8 Å². The van der Waals surface area contributed by atoms with Crippen molar-refractivity contribution in [2.75, 3.05) is 7.11 Å². The zero-order valence-electron chi connectivity index (χ0n) is 13.9. The first-order valence-corrected chi connectivity index (χ1v) is 7.66. The minimum atomic E-state index is -0.401. The number of allylic oxidation sites excluding steroid dienone is 1. The highest BCUT2D eigenvalue weighted by atomic mass is 16.5. The Morgan fingerprint density at radius 2 is 2.12 bits per heavy atom. The molecule has 1 aliphatic rings. The molecule has 1 aliphatic heterocycles. The molecule has 4 heteroatoms. The van der Waals surface area contributed by atoms with E-state index in [0.717, 1.165) is 11.1 Å². The Balaban J connectivity index is 2.13. The molecule has 24 heavy (non-hydrogen) atoms. The second kappa shape index (κ2) is 6.21. The molecule has 0 aliphatic carbocycles. The van der Waals surface area contributed by atoms with E-state index in [1.165, 1.54) is 0 Å². The van der Waals surface area contributed by atoms with Gasteiger partial charge in [-0.15, -0.1) is 0 Å². The topological polar surface area (TPSA) is 55.1 Å². The molecule has 1 aromatic carbocycles. The van der Waals surface area contributed by atoms with Gasteiger partial charge in [-0.1, -0.05) is 18.2 Å². The predicted molar refractivity (Wildman–Crippen MR) is 94.5 cm³/mol. The van der Waals surface area contributed by atoms with E-state index in [0.29, 0.717) is 22.8 Å². The lowest BCUT2D eigenvalue weighted by Crippen LogP contribution is -2.28. The summed E-state index contributed by atoms with van der Waals surface area (Å²) < 4.78 is 11.5. The molecule has 4 nitrogen and oxygen atoms in total. The van der Waals surface area contributed by atoms with Gasteiger partial charge in [0.15, 0.2) is 11.5 Å². The molecule has 0 fully saturated rings. The maximum Gasteiger partial charge on any atom is 0.170 e. The summed E-state index contributed by atoms with van der Waals surface area (Å²) in [6, 6.07) is 11.5. The number of hydrogen-bond donors (Lipinski definition) is 0. The van der Waals surface area contributed by atoms with E-state index < -0.39 is 5.60 Å². The van der Waals surface area contributed by atoms with Gasteiger partial charge >= 0.3 is 0 Å². The lowest BCUT2D eigenvalue weighted by molar-refractivity contribution is 0.152. The fraction of sp³-hybridized carbons (Fsp3) is 0.200. The highest BCUT2D eigenvalue weighted by Crippen LogP contribution is 2.41. The maximum atomic E-state index is 9.50. The van der Waals surface area contributed by atoms with E-state index >= 15 is 0 Å². The molecule has 0 atom stereocenters. The molecule has 0 saturated heterocycles. The van der Waals surface area contributed by atoms with Crippen LogP contribution in [0.5, 0.6) is 11.5 Å². The van der Waals surface area contributed by atoms with E-state index in [1.54, 1.807) is 13.3 Å². The van der Waals surface area contributed by atoms with Crippen LogP contribution in [0.2, 0.25) is 0 Å². The van der Waals surface area contributed by atoms with Gasteiger partial charge in [0.2, 0.25) is 0 Å². The van der Waals surface area contributed by atoms with Gasteiger partial charge < -0.3 is 9.47 Å². The fourth-order valence-corrected chi connectivity index (χ4v) is 2.58. The highest BCUT2D eigenvalue weighted by Gasteiger charge is 2.26. The summed E-state index contributed by atoms with van der Waals surface area (Å²) in [6.45, 7) is 3.98. The first kappa shape index (κ1) is 15.8. The van der Waals surface area contributed by atoms with Crippen LogP contribution in [0.25, 0.3) is 17.7 Å². The third kappa shape index (κ3) is 3.02.